The second kappa shape index (κ2) is 6.00. The van der Waals surface area contributed by atoms with E-state index in [-0.39, 0.29) is 21.2 Å². The van der Waals surface area contributed by atoms with E-state index in [0.717, 1.165) is 10.3 Å². The molecule has 0 aromatic carbocycles. The van der Waals surface area contributed by atoms with E-state index >= 15 is 0 Å². The zero-order chi connectivity index (χ0) is 8.85. The molecule has 0 amide bonds. The molecule has 0 bridgehead atoms. The van der Waals surface area contributed by atoms with Crippen LogP contribution in [0.2, 0.25) is 0 Å². The van der Waals surface area contributed by atoms with Crippen LogP contribution in [0, 0.1) is 5.92 Å². The topological polar surface area (TPSA) is 26.0 Å². The third kappa shape index (κ3) is 5.67. The predicted octanol–water partition coefficient (Wildman–Crippen LogP) is -1.02. The molecule has 0 saturated carbocycles. The fourth-order valence-corrected chi connectivity index (χ4v) is 3.47. The van der Waals surface area contributed by atoms with Gasteiger partial charge in [-0.05, 0) is 0 Å². The van der Waals surface area contributed by atoms with Crippen molar-refractivity contribution < 1.29 is 21.2 Å². The van der Waals surface area contributed by atoms with Gasteiger partial charge in [-0.15, -0.1) is 0 Å². The van der Waals surface area contributed by atoms with Crippen LogP contribution >= 0.6 is 0 Å². The summed E-state index contributed by atoms with van der Waals surface area (Å²) in [5.74, 6) is 0.628. The Kier molecular flexibility index (Phi) is 6.24. The van der Waals surface area contributed by atoms with E-state index in [2.05, 4.69) is 27.4 Å². The van der Waals surface area contributed by atoms with Crippen LogP contribution in [-0.2, 0) is 0 Å². The molecule has 0 saturated heterocycles. The molecule has 68 valence electrons. The van der Waals surface area contributed by atoms with Gasteiger partial charge in [-0.1, -0.05) is 0 Å². The molecule has 2 unspecified atom stereocenters. The van der Waals surface area contributed by atoms with E-state index in [4.69, 9.17) is 5.73 Å². The number of hydrogen-bond donors (Lipinski definition) is 1. The second-order valence-corrected chi connectivity index (χ2v) is 7.73. The number of hydrogen-bond acceptors (Lipinski definition) is 1. The van der Waals surface area contributed by atoms with E-state index < -0.39 is 0 Å². The maximum absolute atomic E-state index is 6.01. The Hall–Kier alpha value is 0.430. The van der Waals surface area contributed by atoms with Gasteiger partial charge in [0.05, 0.1) is 0 Å². The third-order valence-electron chi connectivity index (χ3n) is 1.48. The summed E-state index contributed by atoms with van der Waals surface area (Å²) in [4.78, 5) is 0. The molecule has 0 fully saturated rings. The molecule has 0 aliphatic heterocycles. The van der Waals surface area contributed by atoms with Gasteiger partial charge in [0, 0.05) is 0 Å². The third-order valence-corrected chi connectivity index (χ3v) is 4.98. The Morgan fingerprint density at radius 2 is 2.00 bits per heavy atom. The first-order chi connectivity index (χ1) is 5.07. The first-order valence-corrected chi connectivity index (χ1v) is 6.55. The molecule has 0 heterocycles. The van der Waals surface area contributed by atoms with Crippen molar-refractivity contribution in [1.82, 2.24) is 0 Å². The van der Waals surface area contributed by atoms with Gasteiger partial charge in [-0.25, -0.2) is 0 Å². The van der Waals surface area contributed by atoms with Crippen LogP contribution in [0.3, 0.4) is 0 Å². The van der Waals surface area contributed by atoms with Crippen LogP contribution in [-0.4, -0.2) is 7.97 Å². The molecule has 11 heavy (non-hydrogen) atoms. The summed E-state index contributed by atoms with van der Waals surface area (Å²) in [6, 6.07) is 0. The normalized spacial score (nSPS) is 16.8. The van der Waals surface area contributed by atoms with Crippen molar-refractivity contribution in [2.45, 2.75) is 35.2 Å². The van der Waals surface area contributed by atoms with E-state index in [1.54, 1.807) is 0 Å². The Morgan fingerprint density at radius 3 is 2.36 bits per heavy atom. The fourth-order valence-electron chi connectivity index (χ4n) is 0.808. The van der Waals surface area contributed by atoms with Crippen LogP contribution in [0.1, 0.15) is 27.2 Å². The molecule has 2 N–H and O–H groups in total. The van der Waals surface area contributed by atoms with E-state index in [1.807, 2.05) is 6.08 Å². The monoisotopic (exact) mass is 268 g/mol. The average molecular weight is 268 g/mol. The van der Waals surface area contributed by atoms with E-state index in [9.17, 15) is 0 Å². The molecule has 0 aromatic heterocycles. The van der Waals surface area contributed by atoms with Crippen LogP contribution in [0.5, 0.6) is 0 Å². The summed E-state index contributed by atoms with van der Waals surface area (Å²) in [7, 11) is 0. The summed E-state index contributed by atoms with van der Waals surface area (Å²) in [5, 5.41) is 0. The van der Waals surface area contributed by atoms with Crippen LogP contribution in [0.25, 0.3) is 0 Å². The molecule has 2 heteroatoms. The molecule has 0 rings (SSSR count). The van der Waals surface area contributed by atoms with Crippen molar-refractivity contribution in [2.24, 2.45) is 11.7 Å². The average Bonchev–Trinajstić information content (AvgIpc) is 1.86. The number of rotatable bonds is 5. The van der Waals surface area contributed by atoms with Crippen molar-refractivity contribution >= 4 is 0 Å². The predicted molar refractivity (Wildman–Crippen MR) is 47.1 cm³/mol. The van der Waals surface area contributed by atoms with Crippen molar-refractivity contribution in [1.29, 1.82) is 0 Å². The summed E-state index contributed by atoms with van der Waals surface area (Å²) in [5.41, 5.74) is 6.01. The quantitative estimate of drug-likeness (QED) is 0.294. The second-order valence-electron chi connectivity index (χ2n) is 3.09. The van der Waals surface area contributed by atoms with Gasteiger partial charge in [-0.3, -0.25) is 0 Å². The van der Waals surface area contributed by atoms with Gasteiger partial charge < -0.3 is 0 Å². The number of alkyl halides is 2. The zero-order valence-corrected chi connectivity index (χ0v) is 9.84. The van der Waals surface area contributed by atoms with Crippen LogP contribution in [0.4, 0.5) is 0 Å². The molecule has 0 spiro atoms. The molecule has 0 radical (unpaired) electrons. The maximum atomic E-state index is 6.01. The zero-order valence-electron chi connectivity index (χ0n) is 7.68. The Balaban J connectivity index is 3.62. The summed E-state index contributed by atoms with van der Waals surface area (Å²) < 4.78 is 1.27. The van der Waals surface area contributed by atoms with Gasteiger partial charge in [0.15, 0.2) is 0 Å². The van der Waals surface area contributed by atoms with Gasteiger partial charge in [0.25, 0.3) is 0 Å². The standard InChI is InChI=1S/C9H19IN/c1-5-6-8(4)9(11)10-7(2)3/h5,7-9H,1,6,11H2,2-4H3/q-1. The van der Waals surface area contributed by atoms with Crippen molar-refractivity contribution in [2.75, 3.05) is 0 Å². The van der Waals surface area contributed by atoms with Gasteiger partial charge in [0.2, 0.25) is 0 Å². The summed E-state index contributed by atoms with van der Waals surface area (Å²) in [6.07, 6.45) is 3.03. The summed E-state index contributed by atoms with van der Waals surface area (Å²) in [6.45, 7) is 10.5. The molecular weight excluding hydrogens is 249 g/mol. The number of halogens is 1. The van der Waals surface area contributed by atoms with Crippen LogP contribution in [0.15, 0.2) is 12.7 Å². The number of nitrogens with two attached hydrogens (primary N) is 1. The minimum atomic E-state index is 0.180. The Labute approximate surface area is 80.7 Å². The van der Waals surface area contributed by atoms with Crippen molar-refractivity contribution in [3.8, 4) is 0 Å². The molecule has 0 aromatic rings. The van der Waals surface area contributed by atoms with Crippen LogP contribution < -0.4 is 26.9 Å². The minimum absolute atomic E-state index is 0.180. The molecule has 0 aliphatic rings. The number of allylic oxidation sites excluding steroid dienone is 1. The molecule has 0 aliphatic carbocycles. The van der Waals surface area contributed by atoms with Crippen molar-refractivity contribution in [3.63, 3.8) is 0 Å². The van der Waals surface area contributed by atoms with Crippen molar-refractivity contribution in [3.05, 3.63) is 12.7 Å². The SMILES string of the molecule is C=CCC(C)C(N)[I-]C(C)C. The van der Waals surface area contributed by atoms with E-state index in [0.29, 0.717) is 9.97 Å². The first kappa shape index (κ1) is 11.4. The summed E-state index contributed by atoms with van der Waals surface area (Å²) >= 11 is 0.180. The van der Waals surface area contributed by atoms with Gasteiger partial charge >= 0.3 is 80.7 Å². The van der Waals surface area contributed by atoms with Gasteiger partial charge in [-0.2, -0.15) is 0 Å². The Bertz CT molecular complexity index is 112. The molecular formula is C9H19IN-. The molecule has 2 atom stereocenters. The first-order valence-electron chi connectivity index (χ1n) is 4.06. The Morgan fingerprint density at radius 1 is 1.45 bits per heavy atom. The molecule has 1 nitrogen and oxygen atoms in total. The fraction of sp³-hybridized carbons (Fsp3) is 0.778. The van der Waals surface area contributed by atoms with Gasteiger partial charge in [0.1, 0.15) is 0 Å². The van der Waals surface area contributed by atoms with E-state index in [1.165, 1.54) is 0 Å².